The van der Waals surface area contributed by atoms with E-state index in [1.165, 1.54) is 0 Å². The van der Waals surface area contributed by atoms with E-state index in [1.54, 1.807) is 22.8 Å². The lowest BCUT2D eigenvalue weighted by Gasteiger charge is -2.17. The third kappa shape index (κ3) is 4.50. The Morgan fingerprint density at radius 1 is 1.19 bits per heavy atom. The number of fused-ring (bicyclic) bond motifs is 3. The first kappa shape index (κ1) is 24.4. The molecule has 12 heteroatoms. The second kappa shape index (κ2) is 9.32. The quantitative estimate of drug-likeness (QED) is 0.313. The number of aromatic nitrogens is 4. The van der Waals surface area contributed by atoms with Crippen molar-refractivity contribution in [1.82, 2.24) is 24.6 Å². The summed E-state index contributed by atoms with van der Waals surface area (Å²) in [4.78, 5) is 10.8. The van der Waals surface area contributed by atoms with Crippen LogP contribution in [0.15, 0.2) is 22.9 Å². The Hall–Kier alpha value is -3.25. The second-order valence-electron chi connectivity index (χ2n) is 8.89. The third-order valence-corrected chi connectivity index (χ3v) is 6.45. The summed E-state index contributed by atoms with van der Waals surface area (Å²) in [5.74, 6) is -1.11. The van der Waals surface area contributed by atoms with Crippen molar-refractivity contribution in [3.8, 4) is 16.9 Å². The van der Waals surface area contributed by atoms with Crippen LogP contribution in [0, 0.1) is 13.8 Å². The first-order valence-electron chi connectivity index (χ1n) is 11.5. The van der Waals surface area contributed by atoms with Crippen molar-refractivity contribution >= 4 is 21.9 Å². The molecular formula is C24H25F4N5O3. The average Bonchev–Trinajstić information content (AvgIpc) is 3.47. The van der Waals surface area contributed by atoms with Crippen LogP contribution in [-0.4, -0.2) is 63.9 Å². The first-order valence-corrected chi connectivity index (χ1v) is 11.5. The van der Waals surface area contributed by atoms with Crippen molar-refractivity contribution in [2.75, 3.05) is 26.8 Å². The van der Waals surface area contributed by atoms with E-state index >= 15 is 0 Å². The largest absolute Gasteiger partial charge is 0.496 e. The fourth-order valence-electron chi connectivity index (χ4n) is 4.86. The van der Waals surface area contributed by atoms with Crippen LogP contribution < -0.4 is 4.74 Å². The smallest absolute Gasteiger partial charge is 0.345 e. The lowest BCUT2D eigenvalue weighted by molar-refractivity contribution is -0.130. The van der Waals surface area contributed by atoms with Crippen LogP contribution in [0.2, 0.25) is 0 Å². The van der Waals surface area contributed by atoms with Gasteiger partial charge >= 0.3 is 6.61 Å². The number of imidazole rings is 1. The summed E-state index contributed by atoms with van der Waals surface area (Å²) < 4.78 is 70.2. The Morgan fingerprint density at radius 3 is 2.64 bits per heavy atom. The van der Waals surface area contributed by atoms with Crippen LogP contribution in [-0.2, 0) is 17.8 Å². The number of ether oxygens (including phenoxy) is 2. The number of halogens is 4. The molecule has 0 atom stereocenters. The standard InChI is InChI=1S/C24H25F4N5O3/c1-13-21(14(2)36-31-13)16-8-17-15(9-19(16)34-3)22-18(10-29-17)30-20(33(22)6-7-35-23(25)26)11-32-5-4-24(27,28)12-32/h8-10,23H,4-7,11-12H2,1-3H3. The minimum Gasteiger partial charge on any atom is -0.496 e. The average molecular weight is 507 g/mol. The molecule has 8 nitrogen and oxygen atoms in total. The van der Waals surface area contributed by atoms with Gasteiger partial charge in [-0.1, -0.05) is 5.16 Å². The molecule has 1 aromatic carbocycles. The molecule has 5 rings (SSSR count). The van der Waals surface area contributed by atoms with Gasteiger partial charge in [0.15, 0.2) is 0 Å². The number of aryl methyl sites for hydroxylation is 2. The van der Waals surface area contributed by atoms with Gasteiger partial charge in [0, 0.05) is 30.5 Å². The zero-order valence-corrected chi connectivity index (χ0v) is 20.0. The minimum absolute atomic E-state index is 0.0629. The van der Waals surface area contributed by atoms with Gasteiger partial charge in [0.1, 0.15) is 22.9 Å². The molecule has 1 saturated heterocycles. The number of rotatable bonds is 8. The predicted octanol–water partition coefficient (Wildman–Crippen LogP) is 4.95. The van der Waals surface area contributed by atoms with E-state index in [0.717, 1.165) is 11.1 Å². The topological polar surface area (TPSA) is 78.4 Å². The zero-order chi connectivity index (χ0) is 25.6. The minimum atomic E-state index is -2.92. The maximum absolute atomic E-state index is 13.8. The van der Waals surface area contributed by atoms with Gasteiger partial charge in [-0.2, -0.15) is 8.78 Å². The van der Waals surface area contributed by atoms with E-state index in [0.29, 0.717) is 45.0 Å². The number of nitrogens with zero attached hydrogens (tertiary/aromatic N) is 5. The van der Waals surface area contributed by atoms with Gasteiger partial charge in [0.2, 0.25) is 0 Å². The van der Waals surface area contributed by atoms with Gasteiger partial charge in [0.05, 0.1) is 55.3 Å². The molecule has 4 heterocycles. The summed E-state index contributed by atoms with van der Waals surface area (Å²) in [6.45, 7) is 0.498. The molecule has 0 aliphatic carbocycles. The first-order chi connectivity index (χ1) is 17.2. The van der Waals surface area contributed by atoms with E-state index in [4.69, 9.17) is 9.26 Å². The summed E-state index contributed by atoms with van der Waals surface area (Å²) >= 11 is 0. The van der Waals surface area contributed by atoms with Crippen LogP contribution in [0.3, 0.4) is 0 Å². The maximum Gasteiger partial charge on any atom is 0.345 e. The van der Waals surface area contributed by atoms with E-state index < -0.39 is 12.5 Å². The summed E-state index contributed by atoms with van der Waals surface area (Å²) in [7, 11) is 1.54. The molecule has 192 valence electrons. The summed E-state index contributed by atoms with van der Waals surface area (Å²) in [5, 5.41) is 4.71. The highest BCUT2D eigenvalue weighted by molar-refractivity contribution is 6.05. The predicted molar refractivity (Wildman–Crippen MR) is 123 cm³/mol. The van der Waals surface area contributed by atoms with Crippen LogP contribution in [0.4, 0.5) is 17.6 Å². The molecule has 36 heavy (non-hydrogen) atoms. The Bertz CT molecular complexity index is 1400. The molecule has 0 spiro atoms. The highest BCUT2D eigenvalue weighted by Crippen LogP contribution is 2.39. The van der Waals surface area contributed by atoms with Gasteiger partial charge < -0.3 is 18.6 Å². The molecule has 0 saturated carbocycles. The molecule has 0 amide bonds. The second-order valence-corrected chi connectivity index (χ2v) is 8.89. The summed E-state index contributed by atoms with van der Waals surface area (Å²) in [5.41, 5.74) is 4.03. The van der Waals surface area contributed by atoms with Crippen molar-refractivity contribution in [3.63, 3.8) is 0 Å². The van der Waals surface area contributed by atoms with Gasteiger partial charge in [-0.05, 0) is 26.0 Å². The Labute approximate surface area is 203 Å². The number of likely N-dealkylation sites (tertiary alicyclic amines) is 1. The van der Waals surface area contributed by atoms with Crippen LogP contribution >= 0.6 is 0 Å². The van der Waals surface area contributed by atoms with E-state index in [2.05, 4.69) is 19.9 Å². The Kier molecular flexibility index (Phi) is 6.33. The molecule has 1 aliphatic rings. The van der Waals surface area contributed by atoms with E-state index in [1.807, 2.05) is 26.0 Å². The number of hydrogen-bond donors (Lipinski definition) is 0. The number of hydrogen-bond acceptors (Lipinski definition) is 7. The SMILES string of the molecule is COc1cc2c(cc1-c1c(C)noc1C)ncc1nc(CN3CCC(F)(F)C3)n(CCOC(F)F)c12. The number of methoxy groups -OCH3 is 1. The Morgan fingerprint density at radius 2 is 2.00 bits per heavy atom. The molecule has 0 N–H and O–H groups in total. The number of pyridine rings is 1. The van der Waals surface area contributed by atoms with Crippen LogP contribution in [0.5, 0.6) is 5.75 Å². The third-order valence-electron chi connectivity index (χ3n) is 6.45. The lowest BCUT2D eigenvalue weighted by Crippen LogP contribution is -2.26. The van der Waals surface area contributed by atoms with Crippen molar-refractivity contribution < 1.29 is 31.6 Å². The van der Waals surface area contributed by atoms with Gasteiger partial charge in [-0.25, -0.2) is 13.8 Å². The molecule has 1 fully saturated rings. The highest BCUT2D eigenvalue weighted by atomic mass is 19.3. The number of benzene rings is 1. The lowest BCUT2D eigenvalue weighted by atomic mass is 10.0. The monoisotopic (exact) mass is 507 g/mol. The van der Waals surface area contributed by atoms with Crippen LogP contribution in [0.1, 0.15) is 23.7 Å². The van der Waals surface area contributed by atoms with Gasteiger partial charge in [-0.15, -0.1) is 0 Å². The van der Waals surface area contributed by atoms with E-state index in [-0.39, 0.29) is 39.2 Å². The normalized spacial score (nSPS) is 16.1. The van der Waals surface area contributed by atoms with Crippen LogP contribution in [0.25, 0.3) is 33.1 Å². The molecular weight excluding hydrogens is 482 g/mol. The number of alkyl halides is 4. The fourth-order valence-corrected chi connectivity index (χ4v) is 4.86. The van der Waals surface area contributed by atoms with Gasteiger partial charge in [0.25, 0.3) is 5.92 Å². The van der Waals surface area contributed by atoms with Crippen molar-refractivity contribution in [2.45, 2.75) is 45.9 Å². The Balaban J connectivity index is 1.65. The van der Waals surface area contributed by atoms with Crippen molar-refractivity contribution in [2.24, 2.45) is 0 Å². The highest BCUT2D eigenvalue weighted by Gasteiger charge is 2.38. The molecule has 0 unspecified atom stereocenters. The van der Waals surface area contributed by atoms with E-state index in [9.17, 15) is 17.6 Å². The van der Waals surface area contributed by atoms with Crippen molar-refractivity contribution in [3.05, 3.63) is 35.6 Å². The van der Waals surface area contributed by atoms with Crippen molar-refractivity contribution in [1.29, 1.82) is 0 Å². The summed E-state index contributed by atoms with van der Waals surface area (Å²) in [6, 6.07) is 3.67. The van der Waals surface area contributed by atoms with Gasteiger partial charge in [-0.3, -0.25) is 9.88 Å². The molecule has 1 aliphatic heterocycles. The molecule has 0 bridgehead atoms. The fraction of sp³-hybridized carbons (Fsp3) is 0.458. The zero-order valence-electron chi connectivity index (χ0n) is 20.0. The summed E-state index contributed by atoms with van der Waals surface area (Å²) in [6.07, 6.45) is 1.36. The molecule has 3 aromatic heterocycles. The molecule has 0 radical (unpaired) electrons. The maximum atomic E-state index is 13.8. The molecule has 4 aromatic rings.